The number of aliphatic hydroxyl groups is 17. The highest BCUT2D eigenvalue weighted by Gasteiger charge is 2.55. The first-order valence-corrected chi connectivity index (χ1v) is 32.9. The second-order valence-electron chi connectivity index (χ2n) is 25.1. The van der Waals surface area contributed by atoms with Gasteiger partial charge in [0, 0.05) is 48.9 Å². The van der Waals surface area contributed by atoms with Gasteiger partial charge in [-0.2, -0.15) is 0 Å². The van der Waals surface area contributed by atoms with Crippen LogP contribution < -0.4 is 10.6 Å². The van der Waals surface area contributed by atoms with Crippen LogP contribution in [0.3, 0.4) is 0 Å². The van der Waals surface area contributed by atoms with Crippen LogP contribution in [0, 0.1) is 17.8 Å². The Hall–Kier alpha value is -4.14. The van der Waals surface area contributed by atoms with E-state index in [-0.39, 0.29) is 31.7 Å². The van der Waals surface area contributed by atoms with Gasteiger partial charge in [0.1, 0.15) is 54.9 Å². The third kappa shape index (κ3) is 23.0. The van der Waals surface area contributed by atoms with Gasteiger partial charge >= 0.3 is 5.97 Å². The Bertz CT molecular complexity index is 2650. The number of hydrogen-bond acceptors (Lipinski definition) is 28. The smallest absolute Gasteiger partial charge is 0.308 e. The number of aliphatic hydroxyl groups excluding tert-OH is 15. The van der Waals surface area contributed by atoms with Crippen LogP contribution in [0.1, 0.15) is 83.9 Å². The SMILES string of the molecule is CC1[C@H](C)OC(=O)C[C@H](O)C[C@H](O)CC[C@@H](O)[C@H](O)C[C@H](O)C[C@]2(O)C[C@H](O)C(C(=O)NCCc3cccs3)C(C[C@@H](O[C@@H]3O[C@H](C)[C@@H](O)[C@H](NC[C@@]4(O)OC[C@@H](O)[C@@H](OC5O[C@H](CO)[C@@H](O)[C@H](O)[C@H]5O)[C@@H]4O)[C@@H]3O)C=CC=CC=CC=CC=CC=CC=C[C@H](C)[C@H]1O)O2. The molecule has 29 heteroatoms. The minimum absolute atomic E-state index is 0.133. The van der Waals surface area contributed by atoms with Gasteiger partial charge in [-0.1, -0.05) is 105 Å². The summed E-state index contributed by atoms with van der Waals surface area (Å²) in [6, 6.07) is 2.26. The van der Waals surface area contributed by atoms with Crippen molar-refractivity contribution in [3.05, 3.63) is 107 Å². The fourth-order valence-electron chi connectivity index (χ4n) is 11.9. The van der Waals surface area contributed by atoms with Crippen molar-refractivity contribution in [1.29, 1.82) is 0 Å². The molecule has 6 heterocycles. The van der Waals surface area contributed by atoms with E-state index in [2.05, 4.69) is 10.6 Å². The van der Waals surface area contributed by atoms with Crippen molar-refractivity contribution >= 4 is 23.2 Å². The first-order valence-electron chi connectivity index (χ1n) is 32.0. The van der Waals surface area contributed by atoms with E-state index in [0.717, 1.165) is 4.88 Å². The molecule has 4 fully saturated rings. The summed E-state index contributed by atoms with van der Waals surface area (Å²) < 4.78 is 40.8. The number of hydrogen-bond donors (Lipinski definition) is 19. The molecule has 4 saturated heterocycles. The lowest BCUT2D eigenvalue weighted by atomic mass is 9.82. The zero-order valence-corrected chi connectivity index (χ0v) is 54.0. The first-order chi connectivity index (χ1) is 44.5. The van der Waals surface area contributed by atoms with Crippen LogP contribution in [-0.2, 0) is 49.2 Å². The molecule has 94 heavy (non-hydrogen) atoms. The number of amides is 1. The molecule has 19 N–H and O–H groups in total. The van der Waals surface area contributed by atoms with Gasteiger partial charge in [-0.25, -0.2) is 0 Å². The standard InChI is InChI=1S/C65H100N2O26S/c1-35-18-15-13-11-9-7-5-6-8-10-12-14-16-19-42(90-62-56(80)52(54(78)38(4)89-62)67-34-65(86)60(83)59(47(75)33-87-65)92-63-58(82)57(81)55(79)49(32-68)91-63)29-48-51(61(84)66-24-23-43-20-17-25-94-43)46(74)31-64(85,93-48)30-41(71)27-45(73)44(72)22-21-39(69)26-40(70)28-50(76)88-37(3)36(2)53(35)77/h5-20,25,35-42,44-49,51-60,62-63,67-75,77-83,85-86H,21-24,26-34H2,1-4H3,(H,66,84)/t35-,36?,37-,38+,39+,40+,41-,42-,44+,45+,46-,47+,48?,49+,51?,52-,53+,54+,55+,56-,57-,58+,59+,60-,62-,63?,64+,65+/m0/s1. The number of ether oxygens (including phenoxy) is 7. The Morgan fingerprint density at radius 2 is 1.29 bits per heavy atom. The zero-order valence-electron chi connectivity index (χ0n) is 53.2. The van der Waals surface area contributed by atoms with Crippen LogP contribution in [0.4, 0.5) is 0 Å². The Morgan fingerprint density at radius 1 is 0.649 bits per heavy atom. The van der Waals surface area contributed by atoms with E-state index in [1.54, 1.807) is 92.8 Å². The molecule has 1 aromatic rings. The third-order valence-electron chi connectivity index (χ3n) is 17.6. The molecule has 28 nitrogen and oxygen atoms in total. The molecule has 1 amide bonds. The highest BCUT2D eigenvalue weighted by Crippen LogP contribution is 2.39. The molecule has 4 unspecified atom stereocenters. The van der Waals surface area contributed by atoms with Crippen molar-refractivity contribution in [2.75, 3.05) is 26.3 Å². The number of cyclic esters (lactones) is 1. The van der Waals surface area contributed by atoms with Crippen molar-refractivity contribution < 1.29 is 130 Å². The van der Waals surface area contributed by atoms with Gasteiger partial charge in [0.2, 0.25) is 11.7 Å². The predicted octanol–water partition coefficient (Wildman–Crippen LogP) is -2.70. The second kappa shape index (κ2) is 37.7. The number of carbonyl (C=O) groups excluding carboxylic acids is 2. The number of esters is 1. The molecule has 5 aliphatic heterocycles. The largest absolute Gasteiger partial charge is 0.462 e. The van der Waals surface area contributed by atoms with Crippen molar-refractivity contribution in [1.82, 2.24) is 10.6 Å². The number of allylic oxidation sites excluding steroid dienone is 12. The fourth-order valence-corrected chi connectivity index (χ4v) is 12.6. The van der Waals surface area contributed by atoms with Gasteiger partial charge in [0.05, 0.1) is 105 Å². The van der Waals surface area contributed by atoms with Crippen LogP contribution in [0.15, 0.2) is 103 Å². The van der Waals surface area contributed by atoms with Gasteiger partial charge in [-0.15, -0.1) is 11.3 Å². The molecule has 0 radical (unpaired) electrons. The Kier molecular flexibility index (Phi) is 31.6. The van der Waals surface area contributed by atoms with E-state index < -0.39 is 228 Å². The molecule has 5 aliphatic rings. The number of fused-ring (bicyclic) bond motifs is 2. The van der Waals surface area contributed by atoms with Crippen LogP contribution >= 0.6 is 11.3 Å². The van der Waals surface area contributed by atoms with E-state index in [1.165, 1.54) is 24.3 Å². The van der Waals surface area contributed by atoms with Gasteiger partial charge < -0.3 is 131 Å². The lowest BCUT2D eigenvalue weighted by molar-refractivity contribution is -0.368. The van der Waals surface area contributed by atoms with Crippen LogP contribution in [-0.4, -0.2) is 277 Å². The molecule has 532 valence electrons. The van der Waals surface area contributed by atoms with E-state index in [4.69, 9.17) is 33.2 Å². The Morgan fingerprint density at radius 3 is 1.93 bits per heavy atom. The summed E-state index contributed by atoms with van der Waals surface area (Å²) in [5.74, 6) is -8.77. The van der Waals surface area contributed by atoms with Gasteiger partial charge in [0.15, 0.2) is 18.4 Å². The maximum atomic E-state index is 14.3. The number of thiophene rings is 1. The minimum Gasteiger partial charge on any atom is -0.462 e. The molecule has 0 aliphatic carbocycles. The summed E-state index contributed by atoms with van der Waals surface area (Å²) in [7, 11) is 0. The summed E-state index contributed by atoms with van der Waals surface area (Å²) in [6.45, 7) is 4.43. The molecule has 6 rings (SSSR count). The van der Waals surface area contributed by atoms with Crippen molar-refractivity contribution in [2.24, 2.45) is 17.8 Å². The minimum atomic E-state index is -2.67. The second-order valence-corrected chi connectivity index (χ2v) is 26.2. The lowest BCUT2D eigenvalue weighted by Gasteiger charge is -2.48. The van der Waals surface area contributed by atoms with Crippen LogP contribution in [0.25, 0.3) is 0 Å². The highest BCUT2D eigenvalue weighted by atomic mass is 32.1. The van der Waals surface area contributed by atoms with Gasteiger partial charge in [-0.05, 0) is 51.0 Å². The molecule has 0 spiro atoms. The Balaban J connectivity index is 1.26. The lowest BCUT2D eigenvalue weighted by Crippen LogP contribution is -2.70. The predicted molar refractivity (Wildman–Crippen MR) is 336 cm³/mol. The Labute approximate surface area is 550 Å². The van der Waals surface area contributed by atoms with Gasteiger partial charge in [-0.3, -0.25) is 9.59 Å². The molecular formula is C65H100N2O26S. The quantitative estimate of drug-likeness (QED) is 0.0947. The normalized spacial score (nSPS) is 42.6. The number of carbonyl (C=O) groups is 2. The summed E-state index contributed by atoms with van der Waals surface area (Å²) in [5.41, 5.74) is 0. The molecule has 28 atom stereocenters. The van der Waals surface area contributed by atoms with Crippen molar-refractivity contribution in [3.8, 4) is 0 Å². The summed E-state index contributed by atoms with van der Waals surface area (Å²) in [5, 5.41) is 196. The molecule has 2 bridgehead atoms. The van der Waals surface area contributed by atoms with Gasteiger partial charge in [0.25, 0.3) is 0 Å². The molecular weight excluding hydrogens is 1260 g/mol. The zero-order chi connectivity index (χ0) is 69.0. The fraction of sp³-hybridized carbons (Fsp3) is 0.692. The first kappa shape index (κ1) is 78.9. The monoisotopic (exact) mass is 1360 g/mol. The highest BCUT2D eigenvalue weighted by molar-refractivity contribution is 7.09. The van der Waals surface area contributed by atoms with E-state index in [1.807, 2.05) is 24.4 Å². The molecule has 0 aromatic carbocycles. The van der Waals surface area contributed by atoms with Crippen LogP contribution in [0.2, 0.25) is 0 Å². The average Bonchev–Trinajstić information content (AvgIpc) is 1.08. The third-order valence-corrected chi connectivity index (χ3v) is 18.6. The van der Waals surface area contributed by atoms with Crippen molar-refractivity contribution in [3.63, 3.8) is 0 Å². The van der Waals surface area contributed by atoms with E-state index in [0.29, 0.717) is 6.42 Å². The van der Waals surface area contributed by atoms with Crippen LogP contribution in [0.5, 0.6) is 0 Å². The van der Waals surface area contributed by atoms with Crippen molar-refractivity contribution in [2.45, 2.75) is 238 Å². The number of rotatable bonds is 12. The maximum absolute atomic E-state index is 14.3. The summed E-state index contributed by atoms with van der Waals surface area (Å²) in [6.07, 6.45) is -13.2. The topological polar surface area (TPSA) is 467 Å². The number of nitrogens with one attached hydrogen (secondary N) is 2. The summed E-state index contributed by atoms with van der Waals surface area (Å²) >= 11 is 1.47. The molecule has 0 saturated carbocycles. The van der Waals surface area contributed by atoms with E-state index in [9.17, 15) is 96.4 Å². The molecule has 1 aromatic heterocycles. The summed E-state index contributed by atoms with van der Waals surface area (Å²) in [4.78, 5) is 28.0. The van der Waals surface area contributed by atoms with E-state index >= 15 is 0 Å². The maximum Gasteiger partial charge on any atom is 0.308 e. The average molecular weight is 1360 g/mol.